The first-order valence-electron chi connectivity index (χ1n) is 13.6. The summed E-state index contributed by atoms with van der Waals surface area (Å²) in [6.07, 6.45) is 2.02. The maximum atomic E-state index is 13.4. The first-order chi connectivity index (χ1) is 19.3. The van der Waals surface area contributed by atoms with Gasteiger partial charge < -0.3 is 26.4 Å². The Balaban J connectivity index is 1.76. The first-order valence-corrected chi connectivity index (χ1v) is 13.6. The molecule has 9 heteroatoms. The van der Waals surface area contributed by atoms with Crippen molar-refractivity contribution in [3.63, 3.8) is 0 Å². The fourth-order valence-electron chi connectivity index (χ4n) is 4.45. The van der Waals surface area contributed by atoms with Gasteiger partial charge in [-0.05, 0) is 35.4 Å². The van der Waals surface area contributed by atoms with E-state index in [0.717, 1.165) is 34.7 Å². The van der Waals surface area contributed by atoms with Gasteiger partial charge in [0.05, 0.1) is 12.5 Å². The van der Waals surface area contributed by atoms with E-state index in [2.05, 4.69) is 16.0 Å². The molecule has 0 saturated carbocycles. The van der Waals surface area contributed by atoms with E-state index in [0.29, 0.717) is 6.42 Å². The minimum Gasteiger partial charge on any atom is -0.461 e. The molecule has 0 saturated heterocycles. The summed E-state index contributed by atoms with van der Waals surface area (Å²) in [5.41, 5.74) is 7.30. The van der Waals surface area contributed by atoms with Crippen molar-refractivity contribution in [2.24, 2.45) is 5.73 Å². The number of rotatable bonds is 15. The fourth-order valence-corrected chi connectivity index (χ4v) is 4.45. The van der Waals surface area contributed by atoms with Gasteiger partial charge in [-0.15, -0.1) is 0 Å². The van der Waals surface area contributed by atoms with Gasteiger partial charge in [-0.25, -0.2) is 0 Å². The molecule has 0 aliphatic heterocycles. The second-order valence-corrected chi connectivity index (χ2v) is 9.70. The van der Waals surface area contributed by atoms with E-state index in [4.69, 9.17) is 10.5 Å². The summed E-state index contributed by atoms with van der Waals surface area (Å²) >= 11 is 0. The summed E-state index contributed by atoms with van der Waals surface area (Å²) in [5.74, 6) is -2.51. The smallest absolute Gasteiger partial charge is 0.308 e. The van der Waals surface area contributed by atoms with Crippen LogP contribution in [-0.2, 0) is 36.9 Å². The summed E-state index contributed by atoms with van der Waals surface area (Å²) in [5, 5.41) is 10.2. The number of hydrogen-bond donors (Lipinski definition) is 4. The minimum atomic E-state index is -1.26. The zero-order valence-electron chi connectivity index (χ0n) is 23.0. The van der Waals surface area contributed by atoms with E-state index in [1.54, 1.807) is 7.05 Å². The molecule has 0 bridgehead atoms. The number of carbonyl (C=O) groups is 4. The number of ether oxygens (including phenoxy) is 1. The number of carbonyl (C=O) groups excluding carboxylic acids is 4. The Morgan fingerprint density at radius 2 is 1.48 bits per heavy atom. The van der Waals surface area contributed by atoms with Gasteiger partial charge in [0.15, 0.2) is 0 Å². The van der Waals surface area contributed by atoms with E-state index in [1.807, 2.05) is 79.7 Å². The van der Waals surface area contributed by atoms with Gasteiger partial charge in [0.2, 0.25) is 17.7 Å². The van der Waals surface area contributed by atoms with Crippen LogP contribution in [0.5, 0.6) is 0 Å². The van der Waals surface area contributed by atoms with Gasteiger partial charge in [-0.2, -0.15) is 0 Å². The Hall–Kier alpha value is -4.24. The van der Waals surface area contributed by atoms with Crippen LogP contribution in [0.15, 0.2) is 72.8 Å². The highest BCUT2D eigenvalue weighted by Gasteiger charge is 2.30. The molecule has 0 aromatic heterocycles. The van der Waals surface area contributed by atoms with Crippen LogP contribution in [0.4, 0.5) is 0 Å². The van der Waals surface area contributed by atoms with Crippen LogP contribution < -0.4 is 21.7 Å². The molecule has 3 rings (SSSR count). The zero-order chi connectivity index (χ0) is 28.9. The Morgan fingerprint density at radius 3 is 2.17 bits per heavy atom. The second kappa shape index (κ2) is 15.4. The van der Waals surface area contributed by atoms with Crippen LogP contribution in [0, 0.1) is 0 Å². The predicted octanol–water partition coefficient (Wildman–Crippen LogP) is 2.75. The standard InChI is InChI=1S/C31H38N4O5/c1-3-4-17-25(33-2)30(38)35-27(19-28(36)40-20-21-11-6-5-7-12-21)31(39)34-26(29(32)37)18-23-15-10-14-22-13-8-9-16-24(22)23/h5-16,25-27,33H,3-4,17-20H2,1-2H3,(H2,32,37)(H,34,39)(H,35,38)/t25-,26-,27-/m0/s1. The molecule has 3 amide bonds. The molecule has 40 heavy (non-hydrogen) atoms. The van der Waals surface area contributed by atoms with E-state index in [9.17, 15) is 19.2 Å². The molecule has 0 spiro atoms. The van der Waals surface area contributed by atoms with Crippen molar-refractivity contribution in [2.45, 2.75) is 63.8 Å². The number of fused-ring (bicyclic) bond motifs is 1. The van der Waals surface area contributed by atoms with Crippen molar-refractivity contribution in [3.8, 4) is 0 Å². The van der Waals surface area contributed by atoms with Crippen molar-refractivity contribution in [1.29, 1.82) is 0 Å². The van der Waals surface area contributed by atoms with Crippen molar-refractivity contribution < 1.29 is 23.9 Å². The molecular weight excluding hydrogens is 508 g/mol. The van der Waals surface area contributed by atoms with E-state index < -0.39 is 48.2 Å². The summed E-state index contributed by atoms with van der Waals surface area (Å²) in [6.45, 7) is 2.05. The van der Waals surface area contributed by atoms with E-state index in [1.165, 1.54) is 0 Å². The topological polar surface area (TPSA) is 140 Å². The molecule has 9 nitrogen and oxygen atoms in total. The minimum absolute atomic E-state index is 0.0303. The number of amides is 3. The lowest BCUT2D eigenvalue weighted by molar-refractivity contribution is -0.147. The first kappa shape index (κ1) is 30.3. The normalized spacial score (nSPS) is 13.2. The Labute approximate surface area is 234 Å². The Bertz CT molecular complexity index is 1290. The molecule has 0 radical (unpaired) electrons. The molecule has 3 aromatic rings. The maximum absolute atomic E-state index is 13.4. The molecule has 3 aromatic carbocycles. The number of nitrogens with two attached hydrogens (primary N) is 1. The van der Waals surface area contributed by atoms with Gasteiger partial charge in [0.25, 0.3) is 0 Å². The average Bonchev–Trinajstić information content (AvgIpc) is 2.96. The van der Waals surface area contributed by atoms with Gasteiger partial charge in [0, 0.05) is 6.42 Å². The molecule has 0 heterocycles. The van der Waals surface area contributed by atoms with Crippen molar-refractivity contribution in [1.82, 2.24) is 16.0 Å². The third-order valence-corrected chi connectivity index (χ3v) is 6.72. The Kier molecular flexibility index (Phi) is 11.6. The van der Waals surface area contributed by atoms with Crippen molar-refractivity contribution >= 4 is 34.5 Å². The Morgan fingerprint density at radius 1 is 0.825 bits per heavy atom. The zero-order valence-corrected chi connectivity index (χ0v) is 23.0. The number of primary amides is 1. The van der Waals surface area contributed by atoms with Crippen LogP contribution in [0.3, 0.4) is 0 Å². The highest BCUT2D eigenvalue weighted by molar-refractivity contribution is 5.95. The number of hydrogen-bond acceptors (Lipinski definition) is 6. The van der Waals surface area contributed by atoms with Gasteiger partial charge in [-0.3, -0.25) is 19.2 Å². The third kappa shape index (κ3) is 8.91. The van der Waals surface area contributed by atoms with Gasteiger partial charge >= 0.3 is 5.97 Å². The molecule has 0 aliphatic carbocycles. The number of likely N-dealkylation sites (N-methyl/N-ethyl adjacent to an activating group) is 1. The summed E-state index contributed by atoms with van der Waals surface area (Å²) in [7, 11) is 1.66. The van der Waals surface area contributed by atoms with Gasteiger partial charge in [-0.1, -0.05) is 92.6 Å². The molecule has 0 aliphatic rings. The van der Waals surface area contributed by atoms with Crippen LogP contribution in [0.2, 0.25) is 0 Å². The van der Waals surface area contributed by atoms with Crippen LogP contribution >= 0.6 is 0 Å². The lowest BCUT2D eigenvalue weighted by Crippen LogP contribution is -2.56. The number of benzene rings is 3. The SMILES string of the molecule is CCCC[C@H](NC)C(=O)N[C@@H](CC(=O)OCc1ccccc1)C(=O)N[C@@H](Cc1cccc2ccccc12)C(N)=O. The number of esters is 1. The molecule has 5 N–H and O–H groups in total. The molecule has 0 fully saturated rings. The highest BCUT2D eigenvalue weighted by Crippen LogP contribution is 2.20. The monoisotopic (exact) mass is 546 g/mol. The summed E-state index contributed by atoms with van der Waals surface area (Å²) in [6, 6.07) is 19.7. The van der Waals surface area contributed by atoms with E-state index in [-0.39, 0.29) is 13.0 Å². The highest BCUT2D eigenvalue weighted by atomic mass is 16.5. The predicted molar refractivity (Wildman–Crippen MR) is 154 cm³/mol. The van der Waals surface area contributed by atoms with Gasteiger partial charge in [0.1, 0.15) is 18.7 Å². The quantitative estimate of drug-likeness (QED) is 0.216. The third-order valence-electron chi connectivity index (χ3n) is 6.72. The number of unbranched alkanes of at least 4 members (excludes halogenated alkanes) is 1. The summed E-state index contributed by atoms with van der Waals surface area (Å²) in [4.78, 5) is 51.5. The fraction of sp³-hybridized carbons (Fsp3) is 0.355. The van der Waals surface area contributed by atoms with Crippen LogP contribution in [0.25, 0.3) is 10.8 Å². The van der Waals surface area contributed by atoms with Crippen molar-refractivity contribution in [3.05, 3.63) is 83.9 Å². The summed E-state index contributed by atoms with van der Waals surface area (Å²) < 4.78 is 5.36. The largest absolute Gasteiger partial charge is 0.461 e. The number of nitrogens with one attached hydrogen (secondary N) is 3. The average molecular weight is 547 g/mol. The maximum Gasteiger partial charge on any atom is 0.308 e. The second-order valence-electron chi connectivity index (χ2n) is 9.70. The molecular formula is C31H38N4O5. The lowest BCUT2D eigenvalue weighted by Gasteiger charge is -2.24. The molecule has 0 unspecified atom stereocenters. The lowest BCUT2D eigenvalue weighted by atomic mass is 9.98. The van der Waals surface area contributed by atoms with E-state index >= 15 is 0 Å². The van der Waals surface area contributed by atoms with Crippen molar-refractivity contribution in [2.75, 3.05) is 7.05 Å². The molecule has 212 valence electrons. The van der Waals surface area contributed by atoms with Crippen LogP contribution in [0.1, 0.15) is 43.7 Å². The molecule has 3 atom stereocenters. The van der Waals surface area contributed by atoms with Crippen LogP contribution in [-0.4, -0.2) is 48.9 Å².